The second kappa shape index (κ2) is 9.42. The van der Waals surface area contributed by atoms with Gasteiger partial charge in [-0.25, -0.2) is 4.98 Å². The van der Waals surface area contributed by atoms with E-state index in [4.69, 9.17) is 19.9 Å². The number of Topliss-reactive ketones (excluding diaryl/α,β-unsaturated/α-hetero) is 1. The van der Waals surface area contributed by atoms with Gasteiger partial charge in [-0.1, -0.05) is 30.3 Å². The van der Waals surface area contributed by atoms with Crippen molar-refractivity contribution >= 4 is 28.1 Å². The molecular formula is C27H26N4O4. The SMILES string of the molecule is COc1cc(OC)cc(N2C(N)=C(c3nc4ccccc4[nH]3)C(=O)C2CCOc2ccccc2)c1. The molecule has 0 fully saturated rings. The molecule has 1 aliphatic heterocycles. The normalized spacial score (nSPS) is 15.7. The molecule has 3 aromatic carbocycles. The molecule has 35 heavy (non-hydrogen) atoms. The molecule has 1 unspecified atom stereocenters. The summed E-state index contributed by atoms with van der Waals surface area (Å²) in [7, 11) is 3.16. The summed E-state index contributed by atoms with van der Waals surface area (Å²) >= 11 is 0. The average Bonchev–Trinajstić information content (AvgIpc) is 3.42. The first kappa shape index (κ1) is 22.3. The number of para-hydroxylation sites is 3. The lowest BCUT2D eigenvalue weighted by molar-refractivity contribution is -0.114. The Labute approximate surface area is 202 Å². The van der Waals surface area contributed by atoms with Crippen molar-refractivity contribution in [1.82, 2.24) is 9.97 Å². The molecule has 0 saturated carbocycles. The summed E-state index contributed by atoms with van der Waals surface area (Å²) in [6.07, 6.45) is 0.414. The summed E-state index contributed by atoms with van der Waals surface area (Å²) in [5, 5.41) is 0. The molecule has 178 valence electrons. The molecule has 0 amide bonds. The number of methoxy groups -OCH3 is 2. The number of fused-ring (bicyclic) bond motifs is 1. The number of nitrogens with zero attached hydrogens (tertiary/aromatic N) is 2. The van der Waals surface area contributed by atoms with Crippen LogP contribution in [0.5, 0.6) is 17.2 Å². The zero-order chi connectivity index (χ0) is 24.4. The maximum atomic E-state index is 13.8. The van der Waals surface area contributed by atoms with Gasteiger partial charge >= 0.3 is 0 Å². The summed E-state index contributed by atoms with van der Waals surface area (Å²) in [6.45, 7) is 0.332. The van der Waals surface area contributed by atoms with Gasteiger partial charge in [-0.2, -0.15) is 0 Å². The van der Waals surface area contributed by atoms with Gasteiger partial charge in [-0.15, -0.1) is 0 Å². The largest absolute Gasteiger partial charge is 0.497 e. The highest BCUT2D eigenvalue weighted by molar-refractivity contribution is 6.27. The molecular weight excluding hydrogens is 444 g/mol. The van der Waals surface area contributed by atoms with Gasteiger partial charge in [0.25, 0.3) is 0 Å². The molecule has 5 rings (SSSR count). The molecule has 0 radical (unpaired) electrons. The number of imidazole rings is 1. The smallest absolute Gasteiger partial charge is 0.193 e. The van der Waals surface area contributed by atoms with Gasteiger partial charge in [0.05, 0.1) is 37.5 Å². The van der Waals surface area contributed by atoms with Crippen molar-refractivity contribution in [2.45, 2.75) is 12.5 Å². The number of hydrogen-bond acceptors (Lipinski definition) is 7. The highest BCUT2D eigenvalue weighted by Gasteiger charge is 2.41. The minimum Gasteiger partial charge on any atom is -0.497 e. The van der Waals surface area contributed by atoms with Crippen LogP contribution in [0.1, 0.15) is 12.2 Å². The van der Waals surface area contributed by atoms with Crippen LogP contribution in [0, 0.1) is 0 Å². The van der Waals surface area contributed by atoms with Gasteiger partial charge < -0.3 is 29.8 Å². The van der Waals surface area contributed by atoms with E-state index in [-0.39, 0.29) is 5.78 Å². The Balaban J connectivity index is 1.54. The molecule has 8 heteroatoms. The van der Waals surface area contributed by atoms with E-state index < -0.39 is 6.04 Å². The van der Waals surface area contributed by atoms with Crippen molar-refractivity contribution in [2.75, 3.05) is 25.7 Å². The first-order valence-corrected chi connectivity index (χ1v) is 11.3. The van der Waals surface area contributed by atoms with E-state index in [1.165, 1.54) is 0 Å². The van der Waals surface area contributed by atoms with Gasteiger partial charge in [0, 0.05) is 24.6 Å². The zero-order valence-corrected chi connectivity index (χ0v) is 19.5. The molecule has 0 spiro atoms. The maximum absolute atomic E-state index is 13.8. The minimum absolute atomic E-state index is 0.125. The summed E-state index contributed by atoms with van der Waals surface area (Å²) in [5.41, 5.74) is 9.29. The monoisotopic (exact) mass is 470 g/mol. The third-order valence-electron chi connectivity index (χ3n) is 6.02. The number of H-pyrrole nitrogens is 1. The predicted molar refractivity (Wildman–Crippen MR) is 135 cm³/mol. The van der Waals surface area contributed by atoms with Crippen LogP contribution in [-0.4, -0.2) is 42.6 Å². The lowest BCUT2D eigenvalue weighted by atomic mass is 10.0. The molecule has 0 saturated heterocycles. The molecule has 1 aliphatic rings. The molecule has 8 nitrogen and oxygen atoms in total. The number of rotatable bonds is 8. The van der Waals surface area contributed by atoms with E-state index in [0.717, 1.165) is 16.8 Å². The van der Waals surface area contributed by atoms with Crippen molar-refractivity contribution in [2.24, 2.45) is 5.73 Å². The van der Waals surface area contributed by atoms with E-state index in [1.54, 1.807) is 20.3 Å². The number of anilines is 1. The Morgan fingerprint density at radius 2 is 1.63 bits per heavy atom. The third-order valence-corrected chi connectivity index (χ3v) is 6.02. The number of hydrogen-bond donors (Lipinski definition) is 2. The van der Waals surface area contributed by atoms with Crippen LogP contribution in [0.15, 0.2) is 78.6 Å². The van der Waals surface area contributed by atoms with E-state index in [9.17, 15) is 4.79 Å². The summed E-state index contributed by atoms with van der Waals surface area (Å²) < 4.78 is 16.8. The third kappa shape index (κ3) is 4.26. The van der Waals surface area contributed by atoms with E-state index in [2.05, 4.69) is 9.97 Å². The number of nitrogens with one attached hydrogen (secondary N) is 1. The quantitative estimate of drug-likeness (QED) is 0.399. The minimum atomic E-state index is -0.585. The van der Waals surface area contributed by atoms with E-state index >= 15 is 0 Å². The number of aromatic nitrogens is 2. The topological polar surface area (TPSA) is 103 Å². The van der Waals surface area contributed by atoms with Crippen LogP contribution in [0.3, 0.4) is 0 Å². The Morgan fingerprint density at radius 3 is 2.31 bits per heavy atom. The molecule has 3 N–H and O–H groups in total. The second-order valence-corrected chi connectivity index (χ2v) is 8.13. The predicted octanol–water partition coefficient (Wildman–Crippen LogP) is 4.13. The standard InChI is InChI=1S/C27H26N4O4/c1-33-19-14-17(15-20(16-19)34-2)31-23(12-13-35-18-8-4-3-5-9-18)25(32)24(26(31)28)27-29-21-10-6-7-11-22(21)30-27/h3-11,14-16,23H,12-13,28H2,1-2H3,(H,29,30). The van der Waals surface area contributed by atoms with Crippen LogP contribution in [0.4, 0.5) is 5.69 Å². The van der Waals surface area contributed by atoms with Crippen LogP contribution in [-0.2, 0) is 4.79 Å². The van der Waals surface area contributed by atoms with E-state index in [0.29, 0.717) is 47.4 Å². The first-order chi connectivity index (χ1) is 17.1. The van der Waals surface area contributed by atoms with Crippen LogP contribution in [0.2, 0.25) is 0 Å². The number of ketones is 1. The van der Waals surface area contributed by atoms with Crippen LogP contribution < -0.4 is 24.8 Å². The highest BCUT2D eigenvalue weighted by Crippen LogP contribution is 2.38. The number of ether oxygens (including phenoxy) is 3. The number of aromatic amines is 1. The van der Waals surface area contributed by atoms with Crippen LogP contribution >= 0.6 is 0 Å². The second-order valence-electron chi connectivity index (χ2n) is 8.13. The first-order valence-electron chi connectivity index (χ1n) is 11.3. The number of carbonyl (C=O) groups is 1. The fourth-order valence-electron chi connectivity index (χ4n) is 4.32. The fraction of sp³-hybridized carbons (Fsp3) is 0.185. The lowest BCUT2D eigenvalue weighted by Gasteiger charge is -2.27. The molecule has 1 atom stereocenters. The molecule has 0 aliphatic carbocycles. The van der Waals surface area contributed by atoms with Gasteiger partial charge in [-0.3, -0.25) is 4.79 Å². The number of carbonyl (C=O) groups excluding carboxylic acids is 1. The van der Waals surface area contributed by atoms with Gasteiger partial charge in [0.1, 0.15) is 40.5 Å². The molecule has 0 bridgehead atoms. The average molecular weight is 471 g/mol. The summed E-state index contributed by atoms with van der Waals surface area (Å²) in [5.74, 6) is 2.56. The maximum Gasteiger partial charge on any atom is 0.193 e. The van der Waals surface area contributed by atoms with Crippen molar-refractivity contribution in [3.05, 3.63) is 84.4 Å². The highest BCUT2D eigenvalue weighted by atomic mass is 16.5. The Hall–Kier alpha value is -4.46. The van der Waals surface area contributed by atoms with Crippen molar-refractivity contribution in [3.63, 3.8) is 0 Å². The zero-order valence-electron chi connectivity index (χ0n) is 19.5. The van der Waals surface area contributed by atoms with Gasteiger partial charge in [0.2, 0.25) is 0 Å². The fourth-order valence-corrected chi connectivity index (χ4v) is 4.32. The summed E-state index contributed by atoms with van der Waals surface area (Å²) in [6, 6.07) is 22.0. The van der Waals surface area contributed by atoms with Crippen molar-refractivity contribution in [3.8, 4) is 17.2 Å². The lowest BCUT2D eigenvalue weighted by Crippen LogP contribution is -2.37. The van der Waals surface area contributed by atoms with Gasteiger partial charge in [-0.05, 0) is 24.3 Å². The Morgan fingerprint density at radius 1 is 0.943 bits per heavy atom. The molecule has 2 heterocycles. The number of benzene rings is 3. The molecule has 4 aromatic rings. The molecule has 1 aromatic heterocycles. The Kier molecular flexibility index (Phi) is 6.01. The van der Waals surface area contributed by atoms with Crippen molar-refractivity contribution < 1.29 is 19.0 Å². The van der Waals surface area contributed by atoms with Gasteiger partial charge in [0.15, 0.2) is 5.78 Å². The van der Waals surface area contributed by atoms with Crippen LogP contribution in [0.25, 0.3) is 16.6 Å². The summed E-state index contributed by atoms with van der Waals surface area (Å²) in [4.78, 5) is 23.5. The van der Waals surface area contributed by atoms with E-state index in [1.807, 2.05) is 71.6 Å². The van der Waals surface area contributed by atoms with Crippen molar-refractivity contribution in [1.29, 1.82) is 0 Å². The number of nitrogens with two attached hydrogens (primary N) is 1. The Bertz CT molecular complexity index is 1340.